The molecule has 0 aliphatic carbocycles. The summed E-state index contributed by atoms with van der Waals surface area (Å²) in [6.07, 6.45) is 12.9. The van der Waals surface area contributed by atoms with Crippen LogP contribution in [0.4, 0.5) is 5.69 Å². The van der Waals surface area contributed by atoms with Crippen LogP contribution in [0.3, 0.4) is 0 Å². The second kappa shape index (κ2) is 7.46. The van der Waals surface area contributed by atoms with E-state index in [1.165, 1.54) is 51.6 Å². The summed E-state index contributed by atoms with van der Waals surface area (Å²) in [6, 6.07) is 7.49. The Kier molecular flexibility index (Phi) is 4.46. The first kappa shape index (κ1) is 18.5. The Morgan fingerprint density at radius 3 is 2.81 bits per heavy atom. The summed E-state index contributed by atoms with van der Waals surface area (Å²) in [5.41, 5.74) is 10.1. The zero-order valence-electron chi connectivity index (χ0n) is 17.7. The van der Waals surface area contributed by atoms with E-state index in [1.807, 2.05) is 24.8 Å². The van der Waals surface area contributed by atoms with E-state index in [-0.39, 0.29) is 0 Å². The normalized spacial score (nSPS) is 18.5. The molecule has 156 valence electrons. The molecule has 6 nitrogen and oxygen atoms in total. The molecule has 31 heavy (non-hydrogen) atoms. The molecule has 4 aromatic rings. The summed E-state index contributed by atoms with van der Waals surface area (Å²) in [7, 11) is 0. The number of rotatable bonds is 3. The van der Waals surface area contributed by atoms with Crippen molar-refractivity contribution in [2.75, 3.05) is 18.0 Å². The summed E-state index contributed by atoms with van der Waals surface area (Å²) >= 11 is 0. The average Bonchev–Trinajstić information content (AvgIpc) is 3.49. The minimum atomic E-state index is 0.423. The van der Waals surface area contributed by atoms with E-state index in [1.54, 1.807) is 6.33 Å². The highest BCUT2D eigenvalue weighted by Crippen LogP contribution is 2.37. The number of nitrogens with zero attached hydrogens (tertiary/aromatic N) is 4. The van der Waals surface area contributed by atoms with Crippen molar-refractivity contribution in [3.63, 3.8) is 0 Å². The third-order valence-electron chi connectivity index (χ3n) is 6.80. The molecule has 1 aromatic carbocycles. The fourth-order valence-electron chi connectivity index (χ4n) is 5.09. The zero-order valence-corrected chi connectivity index (χ0v) is 17.7. The van der Waals surface area contributed by atoms with Gasteiger partial charge in [0.2, 0.25) is 0 Å². The molecule has 0 radical (unpaired) electrons. The van der Waals surface area contributed by atoms with Gasteiger partial charge in [0.15, 0.2) is 0 Å². The van der Waals surface area contributed by atoms with Gasteiger partial charge >= 0.3 is 0 Å². The SMILES string of the molecule is Cc1c[nH]c2ncc(-c3cc4c(c([C@@H]5CCCN5)c3)CN(c3cncnc3)CC4)cc12. The standard InChI is InChI=1S/C25H26N6/c1-16-10-29-25-21(16)9-19(11-30-25)18-7-17-4-6-31(20-12-26-15-27-13-20)14-23(17)22(8-18)24-3-2-5-28-24/h7-13,15,24,28H,2-6,14H2,1H3,(H,29,30)/t24-/m0/s1. The maximum absolute atomic E-state index is 4.68. The molecule has 3 aromatic heterocycles. The predicted molar refractivity (Wildman–Crippen MR) is 123 cm³/mol. The number of aryl methyl sites for hydroxylation is 1. The number of pyridine rings is 1. The molecule has 2 N–H and O–H groups in total. The van der Waals surface area contributed by atoms with Gasteiger partial charge in [0.05, 0.1) is 18.1 Å². The van der Waals surface area contributed by atoms with Crippen molar-refractivity contribution in [1.29, 1.82) is 0 Å². The van der Waals surface area contributed by atoms with E-state index in [2.05, 4.69) is 55.3 Å². The van der Waals surface area contributed by atoms with Crippen LogP contribution >= 0.6 is 0 Å². The van der Waals surface area contributed by atoms with Gasteiger partial charge in [-0.1, -0.05) is 6.07 Å². The highest BCUT2D eigenvalue weighted by molar-refractivity contribution is 5.84. The van der Waals surface area contributed by atoms with Gasteiger partial charge in [-0.3, -0.25) is 0 Å². The van der Waals surface area contributed by atoms with Gasteiger partial charge < -0.3 is 15.2 Å². The minimum Gasteiger partial charge on any atom is -0.364 e. The second-order valence-corrected chi connectivity index (χ2v) is 8.71. The van der Waals surface area contributed by atoms with Crippen molar-refractivity contribution < 1.29 is 0 Å². The first-order chi connectivity index (χ1) is 15.3. The van der Waals surface area contributed by atoms with Crippen LogP contribution in [0.15, 0.2) is 49.3 Å². The summed E-state index contributed by atoms with van der Waals surface area (Å²) < 4.78 is 0. The van der Waals surface area contributed by atoms with Crippen molar-refractivity contribution in [1.82, 2.24) is 25.3 Å². The summed E-state index contributed by atoms with van der Waals surface area (Å²) in [5.74, 6) is 0. The first-order valence-electron chi connectivity index (χ1n) is 11.1. The van der Waals surface area contributed by atoms with Gasteiger partial charge in [0, 0.05) is 42.5 Å². The number of hydrogen-bond donors (Lipinski definition) is 2. The molecule has 0 bridgehead atoms. The number of hydrogen-bond acceptors (Lipinski definition) is 5. The van der Waals surface area contributed by atoms with Crippen LogP contribution in [0.25, 0.3) is 22.2 Å². The third kappa shape index (κ3) is 3.27. The van der Waals surface area contributed by atoms with Crippen LogP contribution in [0.5, 0.6) is 0 Å². The molecule has 2 aliphatic rings. The van der Waals surface area contributed by atoms with E-state index in [9.17, 15) is 0 Å². The Balaban J connectivity index is 1.45. The highest BCUT2D eigenvalue weighted by atomic mass is 15.1. The lowest BCUT2D eigenvalue weighted by molar-refractivity contribution is 0.625. The van der Waals surface area contributed by atoms with Gasteiger partial charge in [-0.15, -0.1) is 0 Å². The van der Waals surface area contributed by atoms with Crippen LogP contribution in [-0.4, -0.2) is 33.0 Å². The van der Waals surface area contributed by atoms with Crippen LogP contribution < -0.4 is 10.2 Å². The predicted octanol–water partition coefficient (Wildman–Crippen LogP) is 4.32. The quantitative estimate of drug-likeness (QED) is 0.527. The second-order valence-electron chi connectivity index (χ2n) is 8.71. The smallest absolute Gasteiger partial charge is 0.137 e. The van der Waals surface area contributed by atoms with Crippen molar-refractivity contribution in [2.45, 2.75) is 38.8 Å². The minimum absolute atomic E-state index is 0.423. The van der Waals surface area contributed by atoms with Gasteiger partial charge in [-0.25, -0.2) is 15.0 Å². The van der Waals surface area contributed by atoms with Crippen LogP contribution in [0.1, 0.15) is 41.1 Å². The molecule has 1 atom stereocenters. The monoisotopic (exact) mass is 410 g/mol. The fraction of sp³-hybridized carbons (Fsp3) is 0.320. The van der Waals surface area contributed by atoms with Crippen molar-refractivity contribution in [3.8, 4) is 11.1 Å². The number of fused-ring (bicyclic) bond motifs is 2. The number of benzene rings is 1. The Bertz CT molecular complexity index is 1240. The summed E-state index contributed by atoms with van der Waals surface area (Å²) in [6.45, 7) is 5.11. The van der Waals surface area contributed by atoms with Gasteiger partial charge in [-0.2, -0.15) is 0 Å². The molecule has 2 aliphatic heterocycles. The molecule has 6 rings (SSSR count). The van der Waals surface area contributed by atoms with Crippen molar-refractivity contribution in [3.05, 3.63) is 71.6 Å². The molecule has 0 unspecified atom stereocenters. The van der Waals surface area contributed by atoms with Crippen molar-refractivity contribution >= 4 is 16.7 Å². The molecule has 6 heteroatoms. The van der Waals surface area contributed by atoms with Gasteiger partial charge in [0.1, 0.15) is 12.0 Å². The number of nitrogens with one attached hydrogen (secondary N) is 2. The fourth-order valence-corrected chi connectivity index (χ4v) is 5.09. The maximum atomic E-state index is 4.68. The first-order valence-corrected chi connectivity index (χ1v) is 11.1. The largest absolute Gasteiger partial charge is 0.364 e. The summed E-state index contributed by atoms with van der Waals surface area (Å²) in [4.78, 5) is 18.8. The molecule has 0 saturated carbocycles. The average molecular weight is 411 g/mol. The van der Waals surface area contributed by atoms with E-state index < -0.39 is 0 Å². The number of H-pyrrole nitrogens is 1. The highest BCUT2D eigenvalue weighted by Gasteiger charge is 2.26. The zero-order chi connectivity index (χ0) is 20.8. The van der Waals surface area contributed by atoms with Gasteiger partial charge in [0.25, 0.3) is 0 Å². The molecular formula is C25H26N6. The molecule has 1 fully saturated rings. The maximum Gasteiger partial charge on any atom is 0.137 e. The van der Waals surface area contributed by atoms with Crippen LogP contribution in [0, 0.1) is 6.92 Å². The Labute approximate surface area is 181 Å². The summed E-state index contributed by atoms with van der Waals surface area (Å²) in [5, 5.41) is 4.93. The number of aromatic nitrogens is 4. The lowest BCUT2D eigenvalue weighted by Crippen LogP contribution is -2.32. The van der Waals surface area contributed by atoms with Crippen LogP contribution in [-0.2, 0) is 13.0 Å². The molecule has 0 amide bonds. The molecule has 0 spiro atoms. The van der Waals surface area contributed by atoms with E-state index >= 15 is 0 Å². The number of aromatic amines is 1. The van der Waals surface area contributed by atoms with E-state index in [0.29, 0.717) is 6.04 Å². The Morgan fingerprint density at radius 1 is 1.06 bits per heavy atom. The lowest BCUT2D eigenvalue weighted by atomic mass is 9.87. The van der Waals surface area contributed by atoms with Gasteiger partial charge in [-0.05, 0) is 72.7 Å². The van der Waals surface area contributed by atoms with E-state index in [0.717, 1.165) is 37.4 Å². The Hall–Kier alpha value is -3.25. The molecule has 1 saturated heterocycles. The van der Waals surface area contributed by atoms with Crippen LogP contribution in [0.2, 0.25) is 0 Å². The van der Waals surface area contributed by atoms with Crippen molar-refractivity contribution in [2.24, 2.45) is 0 Å². The lowest BCUT2D eigenvalue weighted by Gasteiger charge is -2.33. The van der Waals surface area contributed by atoms with E-state index in [4.69, 9.17) is 0 Å². The third-order valence-corrected chi connectivity index (χ3v) is 6.80. The molecular weight excluding hydrogens is 384 g/mol. The Morgan fingerprint density at radius 2 is 1.97 bits per heavy atom. The number of anilines is 1. The topological polar surface area (TPSA) is 69.7 Å². The molecule has 5 heterocycles.